The van der Waals surface area contributed by atoms with Crippen LogP contribution in [0.15, 0.2) is 42.5 Å². The molecule has 4 rings (SSSR count). The van der Waals surface area contributed by atoms with E-state index in [4.69, 9.17) is 14.7 Å². The van der Waals surface area contributed by atoms with Crippen molar-refractivity contribution in [3.8, 4) is 6.07 Å². The van der Waals surface area contributed by atoms with Crippen LogP contribution in [0.3, 0.4) is 0 Å². The molecule has 194 valence electrons. The second-order valence-corrected chi connectivity index (χ2v) is 9.76. The van der Waals surface area contributed by atoms with E-state index >= 15 is 0 Å². The number of esters is 1. The number of hydrogen-bond donors (Lipinski definition) is 0. The van der Waals surface area contributed by atoms with Gasteiger partial charge in [0, 0.05) is 31.9 Å². The number of nitrogens with zero attached hydrogens (tertiary/aromatic N) is 5. The molecule has 1 aromatic heterocycles. The highest BCUT2D eigenvalue weighted by molar-refractivity contribution is 5.85. The molecule has 37 heavy (non-hydrogen) atoms. The highest BCUT2D eigenvalue weighted by Crippen LogP contribution is 2.30. The third kappa shape index (κ3) is 6.19. The first-order valence-corrected chi connectivity index (χ1v) is 13.4. The van der Waals surface area contributed by atoms with Crippen molar-refractivity contribution in [1.82, 2.24) is 9.97 Å². The molecule has 7 nitrogen and oxygen atoms in total. The smallest absolute Gasteiger partial charge is 0.329 e. The van der Waals surface area contributed by atoms with Crippen molar-refractivity contribution in [2.45, 2.75) is 58.8 Å². The number of piperazine rings is 1. The molecule has 1 atom stereocenters. The van der Waals surface area contributed by atoms with Crippen molar-refractivity contribution in [2.24, 2.45) is 0 Å². The fourth-order valence-electron chi connectivity index (χ4n) is 4.86. The molecule has 7 heteroatoms. The Morgan fingerprint density at radius 2 is 1.62 bits per heavy atom. The average molecular weight is 500 g/mol. The maximum absolute atomic E-state index is 13.0. The second kappa shape index (κ2) is 12.5. The molecule has 0 bridgehead atoms. The van der Waals surface area contributed by atoms with Gasteiger partial charge in [0.25, 0.3) is 0 Å². The van der Waals surface area contributed by atoms with E-state index < -0.39 is 11.9 Å². The lowest BCUT2D eigenvalue weighted by atomic mass is 10.0. The molecule has 1 aliphatic heterocycles. The summed E-state index contributed by atoms with van der Waals surface area (Å²) in [4.78, 5) is 27.2. The lowest BCUT2D eigenvalue weighted by Crippen LogP contribution is -2.47. The average Bonchev–Trinajstić information content (AvgIpc) is 2.92. The molecule has 0 amide bonds. The summed E-state index contributed by atoms with van der Waals surface area (Å²) in [6, 6.07) is 16.2. The zero-order chi connectivity index (χ0) is 26.2. The Morgan fingerprint density at radius 3 is 2.32 bits per heavy atom. The minimum atomic E-state index is -1.11. The van der Waals surface area contributed by atoms with Crippen molar-refractivity contribution in [1.29, 1.82) is 5.26 Å². The Morgan fingerprint density at radius 1 is 0.946 bits per heavy atom. The maximum Gasteiger partial charge on any atom is 0.329 e. The van der Waals surface area contributed by atoms with Gasteiger partial charge in [-0.05, 0) is 49.6 Å². The molecule has 3 aromatic rings. The SMILES string of the molecule is CCCCCCCOC(=O)C(C#N)c1nc2ccccc2nc1N1CCN(c2cccc(C)c2C)CC1. The van der Waals surface area contributed by atoms with E-state index in [1.165, 1.54) is 29.7 Å². The van der Waals surface area contributed by atoms with Crippen LogP contribution in [0.1, 0.15) is 61.8 Å². The summed E-state index contributed by atoms with van der Waals surface area (Å²) in [5, 5.41) is 10.0. The molecule has 1 fully saturated rings. The van der Waals surface area contributed by atoms with Gasteiger partial charge >= 0.3 is 5.97 Å². The summed E-state index contributed by atoms with van der Waals surface area (Å²) in [6.45, 7) is 9.87. The van der Waals surface area contributed by atoms with Crippen LogP contribution in [0.5, 0.6) is 0 Å². The molecule has 0 N–H and O–H groups in total. The summed E-state index contributed by atoms with van der Waals surface area (Å²) in [7, 11) is 0. The molecule has 0 saturated carbocycles. The molecule has 0 aliphatic carbocycles. The predicted octanol–water partition coefficient (Wildman–Crippen LogP) is 5.69. The second-order valence-electron chi connectivity index (χ2n) is 9.76. The minimum absolute atomic E-state index is 0.325. The number of carbonyl (C=O) groups is 1. The fourth-order valence-corrected chi connectivity index (χ4v) is 4.86. The van der Waals surface area contributed by atoms with E-state index in [-0.39, 0.29) is 0 Å². The van der Waals surface area contributed by atoms with Gasteiger partial charge in [-0.2, -0.15) is 5.26 Å². The summed E-state index contributed by atoms with van der Waals surface area (Å²) >= 11 is 0. The number of anilines is 2. The van der Waals surface area contributed by atoms with Crippen molar-refractivity contribution in [3.05, 3.63) is 59.3 Å². The highest BCUT2D eigenvalue weighted by Gasteiger charge is 2.31. The van der Waals surface area contributed by atoms with Crippen molar-refractivity contribution >= 4 is 28.5 Å². The van der Waals surface area contributed by atoms with E-state index in [1.807, 2.05) is 24.3 Å². The highest BCUT2D eigenvalue weighted by atomic mass is 16.5. The maximum atomic E-state index is 13.0. The summed E-state index contributed by atoms with van der Waals surface area (Å²) in [6.07, 6.45) is 5.30. The quantitative estimate of drug-likeness (QED) is 0.262. The molecule has 0 radical (unpaired) electrons. The third-order valence-electron chi connectivity index (χ3n) is 7.20. The molecule has 2 aromatic carbocycles. The number of fused-ring (bicyclic) bond motifs is 1. The lowest BCUT2D eigenvalue weighted by Gasteiger charge is -2.38. The topological polar surface area (TPSA) is 82.3 Å². The van der Waals surface area contributed by atoms with Crippen LogP contribution < -0.4 is 9.80 Å². The zero-order valence-electron chi connectivity index (χ0n) is 22.2. The molecule has 1 saturated heterocycles. The molecule has 2 heterocycles. The van der Waals surface area contributed by atoms with Gasteiger partial charge in [0.15, 0.2) is 11.7 Å². The Kier molecular flexibility index (Phi) is 8.95. The van der Waals surface area contributed by atoms with Gasteiger partial charge in [-0.25, -0.2) is 9.97 Å². The van der Waals surface area contributed by atoms with Gasteiger partial charge < -0.3 is 14.5 Å². The Hall–Kier alpha value is -3.66. The number of aromatic nitrogens is 2. The standard InChI is InChI=1S/C30H37N5O2/c1-4-5-6-7-10-20-37-30(36)24(21-31)28-29(33-26-14-9-8-13-25(26)32-28)35-18-16-34(17-19-35)27-15-11-12-22(2)23(27)3/h8-9,11-15,24H,4-7,10,16-20H2,1-3H3. The van der Waals surface area contributed by atoms with Crippen molar-refractivity contribution in [3.63, 3.8) is 0 Å². The van der Waals surface area contributed by atoms with Gasteiger partial charge in [0.05, 0.1) is 23.7 Å². The molecule has 0 spiro atoms. The summed E-state index contributed by atoms with van der Waals surface area (Å²) in [5.74, 6) is -1.05. The van der Waals surface area contributed by atoms with Gasteiger partial charge in [0.2, 0.25) is 0 Å². The number of nitriles is 1. The Labute approximate surface area is 220 Å². The van der Waals surface area contributed by atoms with Crippen LogP contribution in [0.2, 0.25) is 0 Å². The summed E-state index contributed by atoms with van der Waals surface area (Å²) in [5.41, 5.74) is 5.63. The van der Waals surface area contributed by atoms with Crippen molar-refractivity contribution < 1.29 is 9.53 Å². The van der Waals surface area contributed by atoms with E-state index in [2.05, 4.69) is 54.8 Å². The van der Waals surface area contributed by atoms with E-state index in [1.54, 1.807) is 0 Å². The van der Waals surface area contributed by atoms with Crippen molar-refractivity contribution in [2.75, 3.05) is 42.6 Å². The Bertz CT molecular complexity index is 1260. The molecule has 1 aliphatic rings. The number of carbonyl (C=O) groups excluding carboxylic acids is 1. The normalized spacial score (nSPS) is 14.4. The largest absolute Gasteiger partial charge is 0.464 e. The third-order valence-corrected chi connectivity index (χ3v) is 7.20. The minimum Gasteiger partial charge on any atom is -0.464 e. The Balaban J connectivity index is 1.54. The number of unbranched alkanes of at least 4 members (excludes halogenated alkanes) is 4. The first-order chi connectivity index (χ1) is 18.0. The number of hydrogen-bond acceptors (Lipinski definition) is 7. The summed E-state index contributed by atoms with van der Waals surface area (Å²) < 4.78 is 5.53. The number of ether oxygens (including phenoxy) is 1. The number of rotatable bonds is 10. The molecule has 1 unspecified atom stereocenters. The van der Waals surface area contributed by atoms with E-state index in [0.717, 1.165) is 51.0 Å². The number of benzene rings is 2. The number of aryl methyl sites for hydroxylation is 1. The van der Waals surface area contributed by atoms with Crippen LogP contribution in [0, 0.1) is 25.2 Å². The van der Waals surface area contributed by atoms with E-state index in [0.29, 0.717) is 23.6 Å². The zero-order valence-corrected chi connectivity index (χ0v) is 22.2. The first kappa shape index (κ1) is 26.4. The lowest BCUT2D eigenvalue weighted by molar-refractivity contribution is -0.144. The first-order valence-electron chi connectivity index (χ1n) is 13.4. The van der Waals surface area contributed by atoms with Crippen LogP contribution in [-0.2, 0) is 9.53 Å². The van der Waals surface area contributed by atoms with Crippen LogP contribution in [-0.4, -0.2) is 48.7 Å². The molecular formula is C30H37N5O2. The fraction of sp³-hybridized carbons (Fsp3) is 0.467. The van der Waals surface area contributed by atoms with Gasteiger partial charge in [-0.3, -0.25) is 4.79 Å². The van der Waals surface area contributed by atoms with Crippen LogP contribution in [0.25, 0.3) is 11.0 Å². The van der Waals surface area contributed by atoms with E-state index in [9.17, 15) is 10.1 Å². The predicted molar refractivity (Wildman–Crippen MR) is 148 cm³/mol. The van der Waals surface area contributed by atoms with Gasteiger partial charge in [-0.1, -0.05) is 56.9 Å². The molecular weight excluding hydrogens is 462 g/mol. The number of para-hydroxylation sites is 2. The van der Waals surface area contributed by atoms with Gasteiger partial charge in [-0.15, -0.1) is 0 Å². The monoisotopic (exact) mass is 499 g/mol. The van der Waals surface area contributed by atoms with Crippen LogP contribution >= 0.6 is 0 Å². The van der Waals surface area contributed by atoms with Crippen LogP contribution in [0.4, 0.5) is 11.5 Å². The van der Waals surface area contributed by atoms with Gasteiger partial charge in [0.1, 0.15) is 5.69 Å².